The SMILES string of the molecule is Cc1cc(C)c(Oc2ccccc2)c(-c2cnn(-c3[c-]c(Oc4[c-]c5c(cc4)c4ccccc4n5-c4cc(F)ccn4)ccc3)c2)c1Oc1ccccc1.[Pt+2]. The van der Waals surface area contributed by atoms with E-state index in [9.17, 15) is 4.39 Å². The third-order valence-corrected chi connectivity index (χ3v) is 9.11. The quantitative estimate of drug-likeness (QED) is 0.135. The Morgan fingerprint density at radius 2 is 1.31 bits per heavy atom. The molecule has 0 aliphatic rings. The zero-order valence-corrected chi connectivity index (χ0v) is 31.9. The fourth-order valence-electron chi connectivity index (χ4n) is 6.71. The van der Waals surface area contributed by atoms with Crippen LogP contribution in [0.5, 0.6) is 34.5 Å². The molecule has 0 saturated heterocycles. The fraction of sp³-hybridized carbons (Fsp3) is 0.0435. The van der Waals surface area contributed by atoms with Crippen LogP contribution in [0.4, 0.5) is 4.39 Å². The smallest absolute Gasteiger partial charge is 0.509 e. The van der Waals surface area contributed by atoms with Crippen molar-refractivity contribution in [1.29, 1.82) is 0 Å². The minimum absolute atomic E-state index is 0. The molecule has 6 aromatic carbocycles. The zero-order chi connectivity index (χ0) is 36.6. The first-order valence-electron chi connectivity index (χ1n) is 17.4. The van der Waals surface area contributed by atoms with E-state index in [4.69, 9.17) is 19.3 Å². The number of halogens is 1. The Labute approximate surface area is 331 Å². The standard InChI is InChI=1S/C46H31FN4O3.Pt/c1-30-24-31(2)46(54-36-15-7-4-8-16-36)44(45(30)53-35-13-5-3-6-14-35)32-28-49-50(29-32)34-12-11-17-37(26-34)52-38-20-21-40-39-18-9-10-19-41(39)51(42(40)27-38)43-25-33(47)22-23-48-43;/h3-25,28-29H,1-2H3;/q-2;+2. The molecule has 0 atom stereocenters. The molecule has 55 heavy (non-hydrogen) atoms. The second kappa shape index (κ2) is 15.1. The first-order chi connectivity index (χ1) is 26.5. The molecule has 3 aromatic heterocycles. The maximum absolute atomic E-state index is 14.3. The van der Waals surface area contributed by atoms with Crippen LogP contribution in [0.1, 0.15) is 11.1 Å². The average molecular weight is 902 g/mol. The van der Waals surface area contributed by atoms with Crippen LogP contribution in [0.2, 0.25) is 0 Å². The molecule has 0 aliphatic heterocycles. The van der Waals surface area contributed by atoms with E-state index in [1.165, 1.54) is 18.3 Å². The Balaban J connectivity index is 0.00000427. The second-order valence-electron chi connectivity index (χ2n) is 12.8. The molecule has 9 heteroatoms. The van der Waals surface area contributed by atoms with Gasteiger partial charge in [0.2, 0.25) is 0 Å². The van der Waals surface area contributed by atoms with Crippen LogP contribution in [0.3, 0.4) is 0 Å². The van der Waals surface area contributed by atoms with Crippen molar-refractivity contribution in [3.8, 4) is 57.1 Å². The van der Waals surface area contributed by atoms with Gasteiger partial charge in [-0.05, 0) is 78.5 Å². The monoisotopic (exact) mass is 901 g/mol. The average Bonchev–Trinajstić information content (AvgIpc) is 3.81. The number of ether oxygens (including phenoxy) is 3. The number of pyridine rings is 1. The number of fused-ring (bicyclic) bond motifs is 3. The van der Waals surface area contributed by atoms with Crippen LogP contribution in [-0.2, 0) is 21.1 Å². The van der Waals surface area contributed by atoms with Gasteiger partial charge >= 0.3 is 21.1 Å². The van der Waals surface area contributed by atoms with Gasteiger partial charge in [0, 0.05) is 41.0 Å². The second-order valence-corrected chi connectivity index (χ2v) is 12.8. The molecule has 0 unspecified atom stereocenters. The zero-order valence-electron chi connectivity index (χ0n) is 29.6. The molecule has 270 valence electrons. The first kappa shape index (κ1) is 35.5. The minimum Gasteiger partial charge on any atom is -0.509 e. The van der Waals surface area contributed by atoms with Crippen molar-refractivity contribution >= 4 is 21.8 Å². The summed E-state index contributed by atoms with van der Waals surface area (Å²) in [6.45, 7) is 4.06. The summed E-state index contributed by atoms with van der Waals surface area (Å²) < 4.78 is 37.4. The number of nitrogens with zero attached hydrogens (tertiary/aromatic N) is 4. The molecule has 0 aliphatic carbocycles. The molecule has 0 fully saturated rings. The van der Waals surface area contributed by atoms with Crippen molar-refractivity contribution in [1.82, 2.24) is 19.3 Å². The van der Waals surface area contributed by atoms with Gasteiger partial charge in [-0.3, -0.25) is 4.68 Å². The number of hydrogen-bond acceptors (Lipinski definition) is 5. The van der Waals surface area contributed by atoms with Gasteiger partial charge in [-0.2, -0.15) is 17.2 Å². The minimum atomic E-state index is -0.371. The normalized spacial score (nSPS) is 11.0. The Morgan fingerprint density at radius 3 is 2.02 bits per heavy atom. The summed E-state index contributed by atoms with van der Waals surface area (Å²) >= 11 is 0. The molecule has 0 radical (unpaired) electrons. The number of para-hydroxylation sites is 3. The number of aryl methyl sites for hydroxylation is 2. The first-order valence-corrected chi connectivity index (χ1v) is 17.4. The molecule has 0 bridgehead atoms. The number of aromatic nitrogens is 4. The molecule has 3 heterocycles. The van der Waals surface area contributed by atoms with Crippen LogP contribution >= 0.6 is 0 Å². The maximum atomic E-state index is 14.3. The van der Waals surface area contributed by atoms with Gasteiger partial charge in [0.15, 0.2) is 0 Å². The third-order valence-electron chi connectivity index (χ3n) is 9.11. The van der Waals surface area contributed by atoms with E-state index in [0.717, 1.165) is 44.1 Å². The Kier molecular flexibility index (Phi) is 9.75. The summed E-state index contributed by atoms with van der Waals surface area (Å²) in [4.78, 5) is 4.46. The van der Waals surface area contributed by atoms with Gasteiger partial charge in [-0.1, -0.05) is 60.1 Å². The third kappa shape index (κ3) is 7.00. The van der Waals surface area contributed by atoms with Gasteiger partial charge in [-0.25, -0.2) is 9.37 Å². The van der Waals surface area contributed by atoms with Gasteiger partial charge in [0.05, 0.1) is 11.8 Å². The van der Waals surface area contributed by atoms with E-state index in [1.807, 2.05) is 140 Å². The van der Waals surface area contributed by atoms with Crippen molar-refractivity contribution in [2.75, 3.05) is 0 Å². The molecule has 0 amide bonds. The van der Waals surface area contributed by atoms with Crippen LogP contribution in [0, 0.1) is 31.8 Å². The fourth-order valence-corrected chi connectivity index (χ4v) is 6.71. The van der Waals surface area contributed by atoms with E-state index in [1.54, 1.807) is 10.9 Å². The van der Waals surface area contributed by atoms with Crippen LogP contribution in [0.15, 0.2) is 152 Å². The number of rotatable bonds is 9. The van der Waals surface area contributed by atoms with Gasteiger partial charge in [-0.15, -0.1) is 35.7 Å². The van der Waals surface area contributed by atoms with Crippen molar-refractivity contribution < 1.29 is 39.7 Å². The molecule has 9 aromatic rings. The molecule has 0 spiro atoms. The Hall–Kier alpha value is -6.50. The number of hydrogen-bond donors (Lipinski definition) is 0. The van der Waals surface area contributed by atoms with Crippen molar-refractivity contribution in [2.24, 2.45) is 0 Å². The molecular weight excluding hydrogens is 871 g/mol. The van der Waals surface area contributed by atoms with Gasteiger partial charge < -0.3 is 18.8 Å². The van der Waals surface area contributed by atoms with E-state index >= 15 is 0 Å². The Morgan fingerprint density at radius 1 is 0.636 bits per heavy atom. The van der Waals surface area contributed by atoms with Crippen molar-refractivity contribution in [3.05, 3.63) is 181 Å². The van der Waals surface area contributed by atoms with E-state index < -0.39 is 0 Å². The molecule has 7 nitrogen and oxygen atoms in total. The predicted octanol–water partition coefficient (Wildman–Crippen LogP) is 11.8. The van der Waals surface area contributed by atoms with Crippen molar-refractivity contribution in [3.63, 3.8) is 0 Å². The summed E-state index contributed by atoms with van der Waals surface area (Å²) in [7, 11) is 0. The van der Waals surface area contributed by atoms with E-state index in [2.05, 4.69) is 23.2 Å². The topological polar surface area (TPSA) is 63.3 Å². The van der Waals surface area contributed by atoms with Gasteiger partial charge in [0.1, 0.15) is 34.6 Å². The van der Waals surface area contributed by atoms with E-state index in [-0.39, 0.29) is 26.9 Å². The number of benzene rings is 6. The molecule has 0 N–H and O–H groups in total. The molecule has 0 saturated carbocycles. The predicted molar refractivity (Wildman–Crippen MR) is 208 cm³/mol. The van der Waals surface area contributed by atoms with Crippen molar-refractivity contribution in [2.45, 2.75) is 13.8 Å². The van der Waals surface area contributed by atoms with Crippen LogP contribution in [0.25, 0.3) is 44.4 Å². The summed E-state index contributed by atoms with van der Waals surface area (Å²) in [6.07, 6.45) is 5.19. The Bertz CT molecular complexity index is 2740. The van der Waals surface area contributed by atoms with E-state index in [0.29, 0.717) is 46.0 Å². The molecule has 9 rings (SSSR count). The molecular formula is C46H31FN4O3Pt. The van der Waals surface area contributed by atoms with Crippen LogP contribution < -0.4 is 14.2 Å². The summed E-state index contributed by atoms with van der Waals surface area (Å²) in [6, 6.07) is 48.4. The summed E-state index contributed by atoms with van der Waals surface area (Å²) in [5.41, 5.74) is 5.78. The summed E-state index contributed by atoms with van der Waals surface area (Å²) in [5.74, 6) is 3.80. The van der Waals surface area contributed by atoms with Crippen LogP contribution in [-0.4, -0.2) is 19.3 Å². The van der Waals surface area contributed by atoms with Gasteiger partial charge in [0.25, 0.3) is 0 Å². The maximum Gasteiger partial charge on any atom is 2.00 e. The largest absolute Gasteiger partial charge is 2.00 e. The summed E-state index contributed by atoms with van der Waals surface area (Å²) in [5, 5.41) is 6.70.